The Hall–Kier alpha value is -1.58. The van der Waals surface area contributed by atoms with Crippen LogP contribution in [0.5, 0.6) is 0 Å². The highest BCUT2D eigenvalue weighted by Crippen LogP contribution is 2.44. The zero-order valence-electron chi connectivity index (χ0n) is 13.8. The Bertz CT molecular complexity index is 527. The van der Waals surface area contributed by atoms with E-state index in [2.05, 4.69) is 27.3 Å². The molecule has 0 spiro atoms. The molecule has 2 saturated carbocycles. The lowest BCUT2D eigenvalue weighted by molar-refractivity contribution is 0.169. The number of nitrogens with one attached hydrogen (secondary N) is 1. The molecule has 1 atom stereocenters. The second-order valence-corrected chi connectivity index (χ2v) is 7.49. The van der Waals surface area contributed by atoms with Gasteiger partial charge in [0.1, 0.15) is 0 Å². The van der Waals surface area contributed by atoms with Gasteiger partial charge in [0.05, 0.1) is 6.04 Å². The van der Waals surface area contributed by atoms with E-state index in [4.69, 9.17) is 0 Å². The maximum atomic E-state index is 13.0. The van der Waals surface area contributed by atoms with Crippen LogP contribution in [0.25, 0.3) is 0 Å². The van der Waals surface area contributed by atoms with Crippen LogP contribution in [-0.4, -0.2) is 28.5 Å². The number of rotatable bonds is 4. The van der Waals surface area contributed by atoms with Crippen molar-refractivity contribution in [2.75, 3.05) is 6.54 Å². The third kappa shape index (κ3) is 3.51. The normalized spacial score (nSPS) is 25.3. The van der Waals surface area contributed by atoms with Crippen LogP contribution in [0.15, 0.2) is 24.5 Å². The molecule has 23 heavy (non-hydrogen) atoms. The van der Waals surface area contributed by atoms with Gasteiger partial charge in [0, 0.05) is 25.0 Å². The molecule has 2 heterocycles. The van der Waals surface area contributed by atoms with Gasteiger partial charge in [0.2, 0.25) is 0 Å². The van der Waals surface area contributed by atoms with Crippen molar-refractivity contribution in [1.29, 1.82) is 0 Å². The molecule has 1 saturated heterocycles. The molecule has 1 aromatic heterocycles. The van der Waals surface area contributed by atoms with E-state index < -0.39 is 0 Å². The van der Waals surface area contributed by atoms with Gasteiger partial charge in [-0.05, 0) is 68.1 Å². The number of pyridine rings is 1. The fourth-order valence-corrected chi connectivity index (χ4v) is 4.04. The van der Waals surface area contributed by atoms with Crippen LogP contribution in [0.4, 0.5) is 4.79 Å². The highest BCUT2D eigenvalue weighted by molar-refractivity contribution is 5.75. The first-order chi connectivity index (χ1) is 11.3. The highest BCUT2D eigenvalue weighted by Gasteiger charge is 2.43. The molecule has 2 amide bonds. The second kappa shape index (κ2) is 6.50. The van der Waals surface area contributed by atoms with Crippen molar-refractivity contribution >= 4 is 6.03 Å². The van der Waals surface area contributed by atoms with Gasteiger partial charge >= 0.3 is 6.03 Å². The lowest BCUT2D eigenvalue weighted by Gasteiger charge is -2.32. The van der Waals surface area contributed by atoms with Crippen LogP contribution in [0.1, 0.15) is 63.0 Å². The Kier molecular flexibility index (Phi) is 4.23. The largest absolute Gasteiger partial charge is 0.335 e. The summed E-state index contributed by atoms with van der Waals surface area (Å²) in [6, 6.07) is 4.94. The van der Waals surface area contributed by atoms with Gasteiger partial charge in [0.15, 0.2) is 0 Å². The van der Waals surface area contributed by atoms with Crippen LogP contribution in [0.3, 0.4) is 0 Å². The molecule has 0 aromatic carbocycles. The van der Waals surface area contributed by atoms with Crippen molar-refractivity contribution in [1.82, 2.24) is 15.2 Å². The number of urea groups is 1. The molecule has 0 bridgehead atoms. The second-order valence-electron chi connectivity index (χ2n) is 7.49. The number of carbonyl (C=O) groups is 1. The number of amides is 2. The lowest BCUT2D eigenvalue weighted by atomic mass is 10.0. The standard InChI is InChI=1S/C19H27N3O/c23-19(21-18(15-5-6-15)16-7-8-16)22-13-3-1-2-4-17(22)14-9-11-20-12-10-14/h9-12,15-18H,1-8,13H2,(H,21,23)/t17-/m1/s1. The minimum absolute atomic E-state index is 0.164. The zero-order valence-corrected chi connectivity index (χ0v) is 13.8. The van der Waals surface area contributed by atoms with Gasteiger partial charge < -0.3 is 10.2 Å². The fourth-order valence-electron chi connectivity index (χ4n) is 4.04. The first-order valence-corrected chi connectivity index (χ1v) is 9.30. The van der Waals surface area contributed by atoms with E-state index in [0.717, 1.165) is 31.2 Å². The maximum absolute atomic E-state index is 13.0. The van der Waals surface area contributed by atoms with Crippen molar-refractivity contribution in [2.24, 2.45) is 11.8 Å². The Morgan fingerprint density at radius 3 is 2.39 bits per heavy atom. The average Bonchev–Trinajstić information content (AvgIpc) is 3.46. The molecule has 0 radical (unpaired) electrons. The summed E-state index contributed by atoms with van der Waals surface area (Å²) < 4.78 is 0. The number of nitrogens with zero attached hydrogens (tertiary/aromatic N) is 2. The molecule has 1 aliphatic heterocycles. The monoisotopic (exact) mass is 313 g/mol. The third-order valence-corrected chi connectivity index (χ3v) is 5.65. The minimum atomic E-state index is 0.164. The third-order valence-electron chi connectivity index (χ3n) is 5.65. The average molecular weight is 313 g/mol. The summed E-state index contributed by atoms with van der Waals surface area (Å²) in [5.41, 5.74) is 1.23. The van der Waals surface area contributed by atoms with Crippen LogP contribution in [0, 0.1) is 11.8 Å². The highest BCUT2D eigenvalue weighted by atomic mass is 16.2. The molecule has 4 nitrogen and oxygen atoms in total. The molecule has 4 heteroatoms. The van der Waals surface area contributed by atoms with Crippen LogP contribution < -0.4 is 5.32 Å². The number of hydrogen-bond donors (Lipinski definition) is 1. The Morgan fingerprint density at radius 1 is 1.04 bits per heavy atom. The molecular weight excluding hydrogens is 286 g/mol. The maximum Gasteiger partial charge on any atom is 0.318 e. The van der Waals surface area contributed by atoms with Gasteiger partial charge in [-0.25, -0.2) is 4.79 Å². The van der Waals surface area contributed by atoms with Crippen molar-refractivity contribution in [3.8, 4) is 0 Å². The Balaban J connectivity index is 1.49. The summed E-state index contributed by atoms with van der Waals surface area (Å²) >= 11 is 0. The quantitative estimate of drug-likeness (QED) is 0.916. The van der Waals surface area contributed by atoms with Crippen LogP contribution >= 0.6 is 0 Å². The van der Waals surface area contributed by atoms with Gasteiger partial charge in [-0.15, -0.1) is 0 Å². The summed E-state index contributed by atoms with van der Waals surface area (Å²) in [4.78, 5) is 19.2. The van der Waals surface area contributed by atoms with E-state index in [0.29, 0.717) is 6.04 Å². The Morgan fingerprint density at radius 2 is 1.74 bits per heavy atom. The number of carbonyl (C=O) groups excluding carboxylic acids is 1. The molecule has 1 N–H and O–H groups in total. The smallest absolute Gasteiger partial charge is 0.318 e. The molecule has 124 valence electrons. The van der Waals surface area contributed by atoms with Crippen molar-refractivity contribution in [3.63, 3.8) is 0 Å². The van der Waals surface area contributed by atoms with Crippen molar-refractivity contribution in [3.05, 3.63) is 30.1 Å². The SMILES string of the molecule is O=C(NC(C1CC1)C1CC1)N1CCCCC[C@@H]1c1ccncc1. The zero-order chi connectivity index (χ0) is 15.6. The fraction of sp³-hybridized carbons (Fsp3) is 0.684. The van der Waals surface area contributed by atoms with Crippen LogP contribution in [0.2, 0.25) is 0 Å². The minimum Gasteiger partial charge on any atom is -0.335 e. The van der Waals surface area contributed by atoms with E-state index in [1.54, 1.807) is 0 Å². The first kappa shape index (κ1) is 15.0. The van der Waals surface area contributed by atoms with Gasteiger partial charge in [-0.3, -0.25) is 4.98 Å². The van der Waals surface area contributed by atoms with E-state index >= 15 is 0 Å². The molecule has 1 aromatic rings. The molecule has 2 aliphatic carbocycles. The van der Waals surface area contributed by atoms with E-state index in [9.17, 15) is 4.79 Å². The summed E-state index contributed by atoms with van der Waals surface area (Å²) in [7, 11) is 0. The van der Waals surface area contributed by atoms with E-state index in [-0.39, 0.29) is 12.1 Å². The summed E-state index contributed by atoms with van der Waals surface area (Å²) in [6.07, 6.45) is 13.5. The van der Waals surface area contributed by atoms with Gasteiger partial charge in [0.25, 0.3) is 0 Å². The molecule has 4 rings (SSSR count). The van der Waals surface area contributed by atoms with Crippen molar-refractivity contribution in [2.45, 2.75) is 63.5 Å². The molecule has 3 fully saturated rings. The van der Waals surface area contributed by atoms with Gasteiger partial charge in [-0.1, -0.05) is 12.8 Å². The van der Waals surface area contributed by atoms with Crippen molar-refractivity contribution < 1.29 is 4.79 Å². The van der Waals surface area contributed by atoms with Gasteiger partial charge in [-0.2, -0.15) is 0 Å². The summed E-state index contributed by atoms with van der Waals surface area (Å²) in [5, 5.41) is 3.41. The Labute approximate surface area is 138 Å². The first-order valence-electron chi connectivity index (χ1n) is 9.30. The number of hydrogen-bond acceptors (Lipinski definition) is 2. The van der Waals surface area contributed by atoms with E-state index in [1.807, 2.05) is 12.4 Å². The topological polar surface area (TPSA) is 45.2 Å². The predicted octanol–water partition coefficient (Wildman–Crippen LogP) is 3.90. The number of likely N-dealkylation sites (tertiary alicyclic amines) is 1. The summed E-state index contributed by atoms with van der Waals surface area (Å²) in [6.45, 7) is 0.876. The number of aromatic nitrogens is 1. The van der Waals surface area contributed by atoms with Crippen LogP contribution in [-0.2, 0) is 0 Å². The molecule has 3 aliphatic rings. The summed E-state index contributed by atoms with van der Waals surface area (Å²) in [5.74, 6) is 1.50. The predicted molar refractivity (Wildman–Crippen MR) is 89.9 cm³/mol. The molecular formula is C19H27N3O. The van der Waals surface area contributed by atoms with E-state index in [1.165, 1.54) is 44.1 Å². The lowest BCUT2D eigenvalue weighted by Crippen LogP contribution is -2.47. The molecule has 0 unspecified atom stereocenters.